The van der Waals surface area contributed by atoms with E-state index in [-0.39, 0.29) is 5.91 Å². The Morgan fingerprint density at radius 3 is 2.67 bits per heavy atom. The van der Waals surface area contributed by atoms with Gasteiger partial charge in [-0.25, -0.2) is 4.98 Å². The van der Waals surface area contributed by atoms with Crippen molar-refractivity contribution in [3.05, 3.63) is 35.2 Å². The van der Waals surface area contributed by atoms with E-state index in [4.69, 9.17) is 5.73 Å². The standard InChI is InChI=1S/C13H15N3OS/c1-9(17)15-7-6-10-2-4-11(5-3-10)12-8-18-13(14)16-12/h2-5,8H,6-7H2,1H3,(H2,14,16)(H,15,17). The summed E-state index contributed by atoms with van der Waals surface area (Å²) in [5.74, 6) is 0.00423. The van der Waals surface area contributed by atoms with Gasteiger partial charge in [0.25, 0.3) is 0 Å². The summed E-state index contributed by atoms with van der Waals surface area (Å²) in [7, 11) is 0. The third-order valence-corrected chi connectivity index (χ3v) is 3.23. The molecule has 5 heteroatoms. The largest absolute Gasteiger partial charge is 0.375 e. The number of anilines is 1. The van der Waals surface area contributed by atoms with E-state index in [1.165, 1.54) is 23.8 Å². The molecule has 0 spiro atoms. The second-order valence-electron chi connectivity index (χ2n) is 4.00. The molecule has 94 valence electrons. The predicted octanol–water partition coefficient (Wildman–Crippen LogP) is 2.07. The number of hydrogen-bond acceptors (Lipinski definition) is 4. The number of carbonyl (C=O) groups excluding carboxylic acids is 1. The lowest BCUT2D eigenvalue weighted by Gasteiger charge is -2.03. The first-order valence-corrected chi connectivity index (χ1v) is 6.58. The van der Waals surface area contributed by atoms with Crippen LogP contribution in [0.1, 0.15) is 12.5 Å². The van der Waals surface area contributed by atoms with Gasteiger partial charge in [0, 0.05) is 24.4 Å². The van der Waals surface area contributed by atoms with E-state index < -0.39 is 0 Å². The number of aromatic nitrogens is 1. The lowest BCUT2D eigenvalue weighted by molar-refractivity contribution is -0.118. The van der Waals surface area contributed by atoms with Crippen LogP contribution in [0.25, 0.3) is 11.3 Å². The average molecular weight is 261 g/mol. The molecular weight excluding hydrogens is 246 g/mol. The second-order valence-corrected chi connectivity index (χ2v) is 4.89. The van der Waals surface area contributed by atoms with E-state index in [1.807, 2.05) is 29.6 Å². The number of carbonyl (C=O) groups is 1. The van der Waals surface area contributed by atoms with Gasteiger partial charge >= 0.3 is 0 Å². The maximum absolute atomic E-state index is 10.7. The van der Waals surface area contributed by atoms with E-state index in [9.17, 15) is 4.79 Å². The third kappa shape index (κ3) is 3.30. The molecule has 1 amide bonds. The SMILES string of the molecule is CC(=O)NCCc1ccc(-c2csc(N)n2)cc1. The summed E-state index contributed by atoms with van der Waals surface area (Å²) in [5.41, 5.74) is 8.77. The average Bonchev–Trinajstić information content (AvgIpc) is 2.76. The molecule has 1 aromatic carbocycles. The molecule has 0 radical (unpaired) electrons. The second kappa shape index (κ2) is 5.64. The highest BCUT2D eigenvalue weighted by Gasteiger charge is 2.02. The monoisotopic (exact) mass is 261 g/mol. The quantitative estimate of drug-likeness (QED) is 0.885. The van der Waals surface area contributed by atoms with Gasteiger partial charge in [0.1, 0.15) is 0 Å². The van der Waals surface area contributed by atoms with Gasteiger partial charge in [-0.3, -0.25) is 4.79 Å². The minimum atomic E-state index is 0.00423. The van der Waals surface area contributed by atoms with Crippen LogP contribution in [0.3, 0.4) is 0 Å². The predicted molar refractivity (Wildman–Crippen MR) is 74.4 cm³/mol. The number of hydrogen-bond donors (Lipinski definition) is 2. The molecule has 1 aromatic heterocycles. The first-order valence-electron chi connectivity index (χ1n) is 5.70. The van der Waals surface area contributed by atoms with Crippen LogP contribution in [0, 0.1) is 0 Å². The molecule has 0 unspecified atom stereocenters. The Kier molecular flexibility index (Phi) is 3.94. The lowest BCUT2D eigenvalue weighted by atomic mass is 10.1. The first-order chi connectivity index (χ1) is 8.65. The van der Waals surface area contributed by atoms with Crippen LogP contribution in [0.4, 0.5) is 5.13 Å². The molecule has 4 nitrogen and oxygen atoms in total. The molecule has 0 fully saturated rings. The fourth-order valence-corrected chi connectivity index (χ4v) is 2.22. The summed E-state index contributed by atoms with van der Waals surface area (Å²) < 4.78 is 0. The van der Waals surface area contributed by atoms with Crippen LogP contribution in [-0.4, -0.2) is 17.4 Å². The zero-order valence-corrected chi connectivity index (χ0v) is 11.0. The van der Waals surface area contributed by atoms with Gasteiger partial charge in [-0.05, 0) is 12.0 Å². The molecular formula is C13H15N3OS. The summed E-state index contributed by atoms with van der Waals surface area (Å²) in [6, 6.07) is 8.15. The summed E-state index contributed by atoms with van der Waals surface area (Å²) in [4.78, 5) is 15.0. The Labute approximate surface area is 110 Å². The first kappa shape index (κ1) is 12.6. The van der Waals surface area contributed by atoms with Gasteiger partial charge in [-0.15, -0.1) is 11.3 Å². The van der Waals surface area contributed by atoms with Crippen molar-refractivity contribution in [2.75, 3.05) is 12.3 Å². The topological polar surface area (TPSA) is 68.0 Å². The minimum Gasteiger partial charge on any atom is -0.375 e. The highest BCUT2D eigenvalue weighted by Crippen LogP contribution is 2.23. The Hall–Kier alpha value is -1.88. The molecule has 0 atom stereocenters. The molecule has 3 N–H and O–H groups in total. The Morgan fingerprint density at radius 1 is 1.39 bits per heavy atom. The van der Waals surface area contributed by atoms with Crippen LogP contribution in [0.15, 0.2) is 29.6 Å². The summed E-state index contributed by atoms with van der Waals surface area (Å²) in [6.45, 7) is 2.19. The van der Waals surface area contributed by atoms with Crippen LogP contribution in [0.2, 0.25) is 0 Å². The minimum absolute atomic E-state index is 0.00423. The number of rotatable bonds is 4. The van der Waals surface area contributed by atoms with Gasteiger partial charge in [0.15, 0.2) is 5.13 Å². The van der Waals surface area contributed by atoms with Crippen molar-refractivity contribution in [1.29, 1.82) is 0 Å². The fourth-order valence-electron chi connectivity index (χ4n) is 1.65. The van der Waals surface area contributed by atoms with E-state index in [2.05, 4.69) is 10.3 Å². The molecule has 2 rings (SSSR count). The highest BCUT2D eigenvalue weighted by atomic mass is 32.1. The van der Waals surface area contributed by atoms with Gasteiger partial charge in [-0.2, -0.15) is 0 Å². The van der Waals surface area contributed by atoms with Gasteiger partial charge in [0.05, 0.1) is 5.69 Å². The van der Waals surface area contributed by atoms with Crippen molar-refractivity contribution in [2.24, 2.45) is 0 Å². The van der Waals surface area contributed by atoms with Crippen molar-refractivity contribution in [3.63, 3.8) is 0 Å². The van der Waals surface area contributed by atoms with Gasteiger partial charge < -0.3 is 11.1 Å². The van der Waals surface area contributed by atoms with Crippen molar-refractivity contribution < 1.29 is 4.79 Å². The molecule has 18 heavy (non-hydrogen) atoms. The molecule has 0 aliphatic carbocycles. The molecule has 0 aliphatic heterocycles. The molecule has 2 aromatic rings. The van der Waals surface area contributed by atoms with Crippen molar-refractivity contribution in [1.82, 2.24) is 10.3 Å². The summed E-state index contributed by atoms with van der Waals surface area (Å²) in [6.07, 6.45) is 0.832. The number of amides is 1. The van der Waals surface area contributed by atoms with E-state index >= 15 is 0 Å². The lowest BCUT2D eigenvalue weighted by Crippen LogP contribution is -2.22. The van der Waals surface area contributed by atoms with Crippen LogP contribution in [-0.2, 0) is 11.2 Å². The van der Waals surface area contributed by atoms with E-state index in [1.54, 1.807) is 0 Å². The Bertz CT molecular complexity index is 533. The van der Waals surface area contributed by atoms with Crippen molar-refractivity contribution >= 4 is 22.4 Å². The number of nitrogens with one attached hydrogen (secondary N) is 1. The molecule has 0 saturated heterocycles. The fraction of sp³-hybridized carbons (Fsp3) is 0.231. The summed E-state index contributed by atoms with van der Waals surface area (Å²) >= 11 is 1.44. The van der Waals surface area contributed by atoms with Crippen molar-refractivity contribution in [2.45, 2.75) is 13.3 Å². The molecule has 1 heterocycles. The zero-order chi connectivity index (χ0) is 13.0. The molecule has 0 saturated carbocycles. The summed E-state index contributed by atoms with van der Waals surface area (Å²) in [5, 5.41) is 5.31. The van der Waals surface area contributed by atoms with Gasteiger partial charge in [0.2, 0.25) is 5.91 Å². The number of thiazole rings is 1. The Balaban J connectivity index is 1.99. The smallest absolute Gasteiger partial charge is 0.216 e. The van der Waals surface area contributed by atoms with E-state index in [0.29, 0.717) is 11.7 Å². The number of benzene rings is 1. The number of nitrogens with two attached hydrogens (primary N) is 1. The zero-order valence-electron chi connectivity index (χ0n) is 10.1. The maximum Gasteiger partial charge on any atom is 0.216 e. The number of nitrogen functional groups attached to an aromatic ring is 1. The van der Waals surface area contributed by atoms with Crippen LogP contribution in [0.5, 0.6) is 0 Å². The van der Waals surface area contributed by atoms with Crippen molar-refractivity contribution in [3.8, 4) is 11.3 Å². The molecule has 0 aliphatic rings. The Morgan fingerprint density at radius 2 is 2.11 bits per heavy atom. The highest BCUT2D eigenvalue weighted by molar-refractivity contribution is 7.13. The maximum atomic E-state index is 10.7. The normalized spacial score (nSPS) is 10.3. The van der Waals surface area contributed by atoms with Gasteiger partial charge in [-0.1, -0.05) is 24.3 Å². The third-order valence-electron chi connectivity index (χ3n) is 2.56. The van der Waals surface area contributed by atoms with E-state index in [0.717, 1.165) is 17.7 Å². The van der Waals surface area contributed by atoms with Crippen LogP contribution < -0.4 is 11.1 Å². The van der Waals surface area contributed by atoms with Crippen LogP contribution >= 0.6 is 11.3 Å². The number of nitrogens with zero attached hydrogens (tertiary/aromatic N) is 1. The molecule has 0 bridgehead atoms.